The van der Waals surface area contributed by atoms with Crippen LogP contribution in [0.4, 0.5) is 0 Å². The minimum atomic E-state index is -0.342. The normalized spacial score (nSPS) is 20.2. The van der Waals surface area contributed by atoms with Crippen molar-refractivity contribution in [3.8, 4) is 0 Å². The Balaban J connectivity index is 2.33. The van der Waals surface area contributed by atoms with Gasteiger partial charge >= 0.3 is 0 Å². The van der Waals surface area contributed by atoms with E-state index in [1.165, 1.54) is 0 Å². The highest BCUT2D eigenvalue weighted by Gasteiger charge is 2.41. The Morgan fingerprint density at radius 3 is 2.63 bits per heavy atom. The third kappa shape index (κ3) is 2.93. The summed E-state index contributed by atoms with van der Waals surface area (Å²) in [5.41, 5.74) is 4.64. The van der Waals surface area contributed by atoms with Gasteiger partial charge in [0.1, 0.15) is 0 Å². The van der Waals surface area contributed by atoms with E-state index in [0.717, 1.165) is 29.0 Å². The molecule has 106 valence electrons. The first-order valence-electron chi connectivity index (χ1n) is 6.48. The number of rotatable bonds is 4. The first-order chi connectivity index (χ1) is 9.13. The minimum Gasteiger partial charge on any atom is -0.381 e. The number of hydrazine groups is 1. The molecule has 0 amide bonds. The molecule has 1 atom stereocenters. The second-order valence-corrected chi connectivity index (χ2v) is 5.40. The molecule has 0 aromatic heterocycles. The summed E-state index contributed by atoms with van der Waals surface area (Å²) in [7, 11) is 1.73. The van der Waals surface area contributed by atoms with Crippen LogP contribution in [0, 0.1) is 6.92 Å². The second-order valence-electron chi connectivity index (χ2n) is 4.99. The van der Waals surface area contributed by atoms with Crippen LogP contribution in [0.5, 0.6) is 0 Å². The van der Waals surface area contributed by atoms with Crippen molar-refractivity contribution in [2.45, 2.75) is 31.4 Å². The van der Waals surface area contributed by atoms with Gasteiger partial charge in [0.2, 0.25) is 0 Å². The zero-order valence-corrected chi connectivity index (χ0v) is 12.2. The molecule has 1 aliphatic heterocycles. The van der Waals surface area contributed by atoms with Crippen LogP contribution in [-0.4, -0.2) is 25.9 Å². The summed E-state index contributed by atoms with van der Waals surface area (Å²) < 4.78 is 11.2. The molecule has 2 rings (SSSR count). The molecule has 1 heterocycles. The van der Waals surface area contributed by atoms with Gasteiger partial charge in [-0.3, -0.25) is 11.3 Å². The predicted octanol–water partition coefficient (Wildman–Crippen LogP) is 2.35. The molecule has 1 unspecified atom stereocenters. The third-order valence-corrected chi connectivity index (χ3v) is 4.37. The number of halogens is 1. The zero-order valence-electron chi connectivity index (χ0n) is 11.4. The van der Waals surface area contributed by atoms with E-state index in [1.54, 1.807) is 7.11 Å². The van der Waals surface area contributed by atoms with Crippen LogP contribution in [0.2, 0.25) is 5.02 Å². The third-order valence-electron chi connectivity index (χ3n) is 3.97. The van der Waals surface area contributed by atoms with Gasteiger partial charge in [-0.15, -0.1) is 0 Å². The van der Waals surface area contributed by atoms with Crippen molar-refractivity contribution in [2.24, 2.45) is 5.84 Å². The Kier molecular flexibility index (Phi) is 4.81. The Bertz CT molecular complexity index is 433. The van der Waals surface area contributed by atoms with Gasteiger partial charge < -0.3 is 9.47 Å². The van der Waals surface area contributed by atoms with Crippen molar-refractivity contribution in [1.82, 2.24) is 5.43 Å². The Morgan fingerprint density at radius 2 is 2.11 bits per heavy atom. The van der Waals surface area contributed by atoms with Crippen LogP contribution in [-0.2, 0) is 9.47 Å². The standard InChI is InChI=1S/C14H21ClN2O2/c1-10-3-4-11(9-12(10)15)13(17-16)14(18-2)5-7-19-8-6-14/h3-4,9,13,17H,5-8,16H2,1-2H3. The van der Waals surface area contributed by atoms with Gasteiger partial charge in [0, 0.05) is 38.2 Å². The van der Waals surface area contributed by atoms with Gasteiger partial charge in [0.25, 0.3) is 0 Å². The molecule has 19 heavy (non-hydrogen) atoms. The molecule has 1 aromatic carbocycles. The van der Waals surface area contributed by atoms with E-state index in [9.17, 15) is 0 Å². The highest BCUT2D eigenvalue weighted by atomic mass is 35.5. The average Bonchev–Trinajstić information content (AvgIpc) is 2.44. The zero-order chi connectivity index (χ0) is 13.9. The van der Waals surface area contributed by atoms with E-state index < -0.39 is 0 Å². The van der Waals surface area contributed by atoms with Crippen molar-refractivity contribution >= 4 is 11.6 Å². The first-order valence-corrected chi connectivity index (χ1v) is 6.86. The van der Waals surface area contributed by atoms with Gasteiger partial charge in [-0.25, -0.2) is 0 Å². The largest absolute Gasteiger partial charge is 0.381 e. The topological polar surface area (TPSA) is 56.5 Å². The van der Waals surface area contributed by atoms with E-state index in [4.69, 9.17) is 26.9 Å². The monoisotopic (exact) mass is 284 g/mol. The molecule has 0 aliphatic carbocycles. The van der Waals surface area contributed by atoms with Gasteiger partial charge in [-0.2, -0.15) is 0 Å². The fourth-order valence-electron chi connectivity index (χ4n) is 2.67. The summed E-state index contributed by atoms with van der Waals surface area (Å²) in [5.74, 6) is 5.77. The Hall–Kier alpha value is -0.650. The lowest BCUT2D eigenvalue weighted by atomic mass is 9.82. The molecular formula is C14H21ClN2O2. The van der Waals surface area contributed by atoms with Crippen LogP contribution < -0.4 is 11.3 Å². The minimum absolute atomic E-state index is 0.0977. The van der Waals surface area contributed by atoms with E-state index >= 15 is 0 Å². The number of nitrogens with two attached hydrogens (primary N) is 1. The fraction of sp³-hybridized carbons (Fsp3) is 0.571. The highest BCUT2D eigenvalue weighted by molar-refractivity contribution is 6.31. The fourth-order valence-corrected chi connectivity index (χ4v) is 2.86. The van der Waals surface area contributed by atoms with Crippen molar-refractivity contribution in [2.75, 3.05) is 20.3 Å². The lowest BCUT2D eigenvalue weighted by Gasteiger charge is -2.42. The Morgan fingerprint density at radius 1 is 1.42 bits per heavy atom. The number of nitrogens with one attached hydrogen (secondary N) is 1. The van der Waals surface area contributed by atoms with E-state index in [1.807, 2.05) is 25.1 Å². The number of aryl methyl sites for hydroxylation is 1. The summed E-state index contributed by atoms with van der Waals surface area (Å²) in [6.45, 7) is 3.36. The van der Waals surface area contributed by atoms with Crippen LogP contribution in [0.3, 0.4) is 0 Å². The van der Waals surface area contributed by atoms with Crippen molar-refractivity contribution in [3.05, 3.63) is 34.3 Å². The van der Waals surface area contributed by atoms with Crippen LogP contribution >= 0.6 is 11.6 Å². The number of ether oxygens (including phenoxy) is 2. The first kappa shape index (κ1) is 14.8. The lowest BCUT2D eigenvalue weighted by Crippen LogP contribution is -2.51. The smallest absolute Gasteiger partial charge is 0.0929 e. The summed E-state index contributed by atoms with van der Waals surface area (Å²) in [6.07, 6.45) is 1.62. The van der Waals surface area contributed by atoms with Crippen molar-refractivity contribution < 1.29 is 9.47 Å². The van der Waals surface area contributed by atoms with Gasteiger partial charge in [0.15, 0.2) is 0 Å². The van der Waals surface area contributed by atoms with Crippen LogP contribution in [0.15, 0.2) is 18.2 Å². The maximum Gasteiger partial charge on any atom is 0.0929 e. The molecule has 4 nitrogen and oxygen atoms in total. The molecule has 3 N–H and O–H groups in total. The SMILES string of the molecule is COC1(C(NN)c2ccc(C)c(Cl)c2)CCOCC1. The second kappa shape index (κ2) is 6.20. The number of hydrogen-bond donors (Lipinski definition) is 2. The molecule has 0 radical (unpaired) electrons. The van der Waals surface area contributed by atoms with Gasteiger partial charge in [-0.1, -0.05) is 23.7 Å². The molecule has 1 saturated heterocycles. The molecule has 0 spiro atoms. The molecule has 1 fully saturated rings. The number of benzene rings is 1. The quantitative estimate of drug-likeness (QED) is 0.658. The van der Waals surface area contributed by atoms with E-state index in [-0.39, 0.29) is 11.6 Å². The summed E-state index contributed by atoms with van der Waals surface area (Å²) >= 11 is 6.21. The summed E-state index contributed by atoms with van der Waals surface area (Å²) in [4.78, 5) is 0. The molecule has 1 aliphatic rings. The van der Waals surface area contributed by atoms with Crippen molar-refractivity contribution in [3.63, 3.8) is 0 Å². The van der Waals surface area contributed by atoms with Crippen LogP contribution in [0.1, 0.15) is 30.0 Å². The van der Waals surface area contributed by atoms with Crippen molar-refractivity contribution in [1.29, 1.82) is 0 Å². The highest BCUT2D eigenvalue weighted by Crippen LogP contribution is 2.37. The number of methoxy groups -OCH3 is 1. The van der Waals surface area contributed by atoms with Crippen LogP contribution in [0.25, 0.3) is 0 Å². The van der Waals surface area contributed by atoms with Gasteiger partial charge in [0.05, 0.1) is 11.6 Å². The molecule has 5 heteroatoms. The Labute approximate surface area is 119 Å². The predicted molar refractivity (Wildman–Crippen MR) is 76.0 cm³/mol. The molecule has 0 bridgehead atoms. The molecule has 1 aromatic rings. The lowest BCUT2D eigenvalue weighted by molar-refractivity contribution is -0.111. The van der Waals surface area contributed by atoms with Gasteiger partial charge in [-0.05, 0) is 24.1 Å². The maximum atomic E-state index is 6.21. The number of hydrogen-bond acceptors (Lipinski definition) is 4. The summed E-state index contributed by atoms with van der Waals surface area (Å²) in [6, 6.07) is 5.91. The summed E-state index contributed by atoms with van der Waals surface area (Å²) in [5, 5.41) is 0.746. The molecular weight excluding hydrogens is 264 g/mol. The molecule has 0 saturated carbocycles. The van der Waals surface area contributed by atoms with E-state index in [2.05, 4.69) is 5.43 Å². The van der Waals surface area contributed by atoms with E-state index in [0.29, 0.717) is 13.2 Å². The maximum absolute atomic E-state index is 6.21. The average molecular weight is 285 g/mol.